The monoisotopic (exact) mass is 605 g/mol. The molecule has 1 aliphatic carbocycles. The molecule has 9 heteroatoms. The highest BCUT2D eigenvalue weighted by atomic mass is 127. The summed E-state index contributed by atoms with van der Waals surface area (Å²) in [7, 11) is 0. The summed E-state index contributed by atoms with van der Waals surface area (Å²) in [5.41, 5.74) is 0.682. The van der Waals surface area contributed by atoms with Crippen LogP contribution in [-0.2, 0) is 14.4 Å². The Morgan fingerprint density at radius 3 is 2.26 bits per heavy atom. The molecule has 0 aromatic rings. The number of carbonyl (C=O) groups excluding carboxylic acids is 2. The second-order valence-electron chi connectivity index (χ2n) is 8.65. The van der Waals surface area contributed by atoms with Gasteiger partial charge in [0.05, 0.1) is 5.57 Å². The molecule has 0 heterocycles. The number of nitrogens with zero attached hydrogens (tertiary/aromatic N) is 2. The van der Waals surface area contributed by atoms with Crippen molar-refractivity contribution in [1.82, 2.24) is 5.32 Å². The number of hydrogen-bond acceptors (Lipinski definition) is 6. The quantitative estimate of drug-likeness (QED) is 0.164. The summed E-state index contributed by atoms with van der Waals surface area (Å²) < 4.78 is 0. The van der Waals surface area contributed by atoms with Crippen molar-refractivity contribution in [1.29, 1.82) is 0 Å². The number of nitrogens with one attached hydrogen (secondary N) is 1. The van der Waals surface area contributed by atoms with Crippen molar-refractivity contribution >= 4 is 52.2 Å². The molecule has 0 saturated heterocycles. The first-order valence-corrected chi connectivity index (χ1v) is 14.2. The van der Waals surface area contributed by atoms with Crippen LogP contribution in [0.15, 0.2) is 33.1 Å². The van der Waals surface area contributed by atoms with Gasteiger partial charge in [-0.05, 0) is 37.5 Å². The number of unbranched alkanes of at least 4 members (excludes halogenated alkanes) is 1. The first-order chi connectivity index (χ1) is 16.4. The number of rotatable bonds is 10. The van der Waals surface area contributed by atoms with Crippen LogP contribution in [0.25, 0.3) is 0 Å². The Hall–Kier alpha value is -2.04. The third-order valence-corrected chi connectivity index (χ3v) is 5.01. The molecule has 1 rings (SSSR count). The van der Waals surface area contributed by atoms with Crippen LogP contribution in [0, 0.1) is 5.41 Å². The molecule has 1 amide bonds. The lowest BCUT2D eigenvalue weighted by atomic mass is 9.75. The van der Waals surface area contributed by atoms with Gasteiger partial charge < -0.3 is 15.5 Å². The zero-order chi connectivity index (χ0) is 27.8. The molecule has 0 bridgehead atoms. The number of aliphatic carboxylic acids is 1. The van der Waals surface area contributed by atoms with Crippen molar-refractivity contribution < 1.29 is 24.6 Å². The molecular weight excluding hydrogens is 561 g/mol. The van der Waals surface area contributed by atoms with E-state index in [9.17, 15) is 19.5 Å². The minimum Gasteiger partial charge on any atom is -0.511 e. The number of aliphatic hydroxyl groups excluding tert-OH is 1. The molecule has 35 heavy (non-hydrogen) atoms. The van der Waals surface area contributed by atoms with Crippen LogP contribution in [-0.4, -0.2) is 56.8 Å². The van der Waals surface area contributed by atoms with Crippen molar-refractivity contribution in [2.24, 2.45) is 15.4 Å². The van der Waals surface area contributed by atoms with Gasteiger partial charge in [-0.2, -0.15) is 0 Å². The number of ketones is 1. The summed E-state index contributed by atoms with van der Waals surface area (Å²) in [6.45, 7) is 14.6. The number of hydrogen-bond donors (Lipinski definition) is 3. The molecule has 0 aromatic carbocycles. The predicted octanol–water partition coefficient (Wildman–Crippen LogP) is 5.85. The maximum atomic E-state index is 12.8. The van der Waals surface area contributed by atoms with Crippen molar-refractivity contribution in [3.05, 3.63) is 23.1 Å². The molecule has 0 saturated carbocycles. The fraction of sp³-hybridized carbons (Fsp3) is 0.654. The van der Waals surface area contributed by atoms with Gasteiger partial charge in [-0.3, -0.25) is 24.4 Å². The van der Waals surface area contributed by atoms with Crippen LogP contribution in [0.2, 0.25) is 0 Å². The summed E-state index contributed by atoms with van der Waals surface area (Å²) in [5.74, 6) is -2.00. The Kier molecular flexibility index (Phi) is 18.3. The third-order valence-electron chi connectivity index (χ3n) is 5.01. The number of carbonyl (C=O) groups is 3. The van der Waals surface area contributed by atoms with Crippen LogP contribution < -0.4 is 5.32 Å². The van der Waals surface area contributed by atoms with Gasteiger partial charge in [-0.15, -0.1) is 0 Å². The lowest BCUT2D eigenvalue weighted by molar-refractivity contribution is -0.141. The van der Waals surface area contributed by atoms with Crippen molar-refractivity contribution in [3.63, 3.8) is 0 Å². The minimum atomic E-state index is -1.16. The van der Waals surface area contributed by atoms with Crippen LogP contribution in [0.4, 0.5) is 0 Å². The molecule has 0 fully saturated rings. The third kappa shape index (κ3) is 13.0. The van der Waals surface area contributed by atoms with Gasteiger partial charge in [0.25, 0.3) is 0 Å². The van der Waals surface area contributed by atoms with Crippen LogP contribution in [0.5, 0.6) is 0 Å². The van der Waals surface area contributed by atoms with Crippen molar-refractivity contribution in [2.75, 3.05) is 4.93 Å². The van der Waals surface area contributed by atoms with Gasteiger partial charge >= 0.3 is 5.97 Å². The number of allylic oxidation sites excluding steroid dienone is 3. The molecule has 0 aliphatic heterocycles. The molecule has 3 N–H and O–H groups in total. The maximum absolute atomic E-state index is 12.8. The maximum Gasteiger partial charge on any atom is 0.325 e. The smallest absolute Gasteiger partial charge is 0.325 e. The van der Waals surface area contributed by atoms with Gasteiger partial charge in [0.2, 0.25) is 5.91 Å². The average Bonchev–Trinajstić information content (AvgIpc) is 2.78. The SMILES string of the molecule is C/C=C(/CC(N=C(C)C1=C(O)CC(C)(C)CC1=O)C(=O)NC(C)C(=O)O)N=CCCC.CC.CI. The second-order valence-corrected chi connectivity index (χ2v) is 8.65. The van der Waals surface area contributed by atoms with Gasteiger partial charge in [0.15, 0.2) is 5.78 Å². The predicted molar refractivity (Wildman–Crippen MR) is 153 cm³/mol. The van der Waals surface area contributed by atoms with E-state index in [4.69, 9.17) is 5.11 Å². The Morgan fingerprint density at radius 2 is 1.80 bits per heavy atom. The Bertz CT molecular complexity index is 829. The van der Waals surface area contributed by atoms with Gasteiger partial charge in [-0.25, -0.2) is 0 Å². The van der Waals surface area contributed by atoms with E-state index in [0.29, 0.717) is 12.1 Å². The van der Waals surface area contributed by atoms with Crippen molar-refractivity contribution in [3.8, 4) is 0 Å². The summed E-state index contributed by atoms with van der Waals surface area (Å²) in [6.07, 6.45) is 6.01. The number of carboxylic acids is 1. The van der Waals surface area contributed by atoms with Gasteiger partial charge in [0, 0.05) is 36.9 Å². The number of amides is 1. The summed E-state index contributed by atoms with van der Waals surface area (Å²) in [5, 5.41) is 22.0. The molecule has 1 aliphatic rings. The average molecular weight is 606 g/mol. The number of aliphatic imine (C=N–C) groups is 2. The number of alkyl halides is 1. The molecule has 0 radical (unpaired) electrons. The van der Waals surface area contributed by atoms with Crippen LogP contribution in [0.1, 0.15) is 87.5 Å². The Morgan fingerprint density at radius 1 is 1.23 bits per heavy atom. The highest BCUT2D eigenvalue weighted by molar-refractivity contribution is 14.1. The Labute approximate surface area is 224 Å². The standard InChI is InChI=1S/C23H35N3O5.C2H6.CH3I/c1-7-9-10-24-16(8-2)11-17(21(29)26-15(4)22(30)31)25-14(3)20-18(27)12-23(5,6)13-19(20)28;2*1-2/h8,10,15,17,27H,7,9,11-13H2,1-6H3,(H,26,29)(H,30,31);1-2H3;1H3/b16-8-,24-10?,25-14?;;. The zero-order valence-electron chi connectivity index (χ0n) is 22.7. The number of aliphatic hydroxyl groups is 1. The first-order valence-electron chi connectivity index (χ1n) is 12.0. The highest BCUT2D eigenvalue weighted by Crippen LogP contribution is 2.36. The van der Waals surface area contributed by atoms with Crippen molar-refractivity contribution in [2.45, 2.75) is 99.6 Å². The fourth-order valence-electron chi connectivity index (χ4n) is 3.32. The first kappa shape index (κ1) is 35.1. The van der Waals surface area contributed by atoms with Gasteiger partial charge in [0.1, 0.15) is 17.8 Å². The largest absolute Gasteiger partial charge is 0.511 e. The number of Topliss-reactive ketones (excluding diaryl/α,β-unsaturated/α-hetero) is 1. The van der Waals surface area contributed by atoms with E-state index in [1.807, 2.05) is 39.5 Å². The number of carboxylic acid groups (broad SMARTS) is 1. The highest BCUT2D eigenvalue weighted by Gasteiger charge is 2.34. The van der Waals surface area contributed by atoms with E-state index in [0.717, 1.165) is 12.8 Å². The molecule has 200 valence electrons. The van der Waals surface area contributed by atoms with E-state index in [-0.39, 0.29) is 41.1 Å². The molecule has 2 unspecified atom stereocenters. The van der Waals surface area contributed by atoms with Crippen LogP contribution in [0.3, 0.4) is 0 Å². The second kappa shape index (κ2) is 18.3. The molecule has 2 atom stereocenters. The van der Waals surface area contributed by atoms with Gasteiger partial charge in [-0.1, -0.05) is 69.7 Å². The molecule has 8 nitrogen and oxygen atoms in total. The minimum absolute atomic E-state index is 0.0345. The van der Waals surface area contributed by atoms with E-state index in [2.05, 4.69) is 37.9 Å². The number of halogens is 1. The lowest BCUT2D eigenvalue weighted by Gasteiger charge is -2.29. The normalized spacial score (nSPS) is 17.6. The van der Waals surface area contributed by atoms with E-state index < -0.39 is 24.0 Å². The van der Waals surface area contributed by atoms with E-state index in [1.165, 1.54) is 6.92 Å². The van der Waals surface area contributed by atoms with E-state index in [1.54, 1.807) is 26.1 Å². The Balaban J connectivity index is 0. The molecule has 0 spiro atoms. The fourth-order valence-corrected chi connectivity index (χ4v) is 3.32. The summed E-state index contributed by atoms with van der Waals surface area (Å²) >= 11 is 2.15. The topological polar surface area (TPSA) is 128 Å². The molecule has 0 aromatic heterocycles. The molecular formula is C26H44IN3O5. The summed E-state index contributed by atoms with van der Waals surface area (Å²) in [6, 6.07) is -2.08. The van der Waals surface area contributed by atoms with E-state index >= 15 is 0 Å². The zero-order valence-corrected chi connectivity index (χ0v) is 24.9. The van der Waals surface area contributed by atoms with Crippen LogP contribution >= 0.6 is 22.6 Å². The lowest BCUT2D eigenvalue weighted by Crippen LogP contribution is -2.43. The summed E-state index contributed by atoms with van der Waals surface area (Å²) in [4.78, 5) is 47.4.